The molecule has 0 atom stereocenters. The van der Waals surface area contributed by atoms with E-state index in [1.165, 1.54) is 13.2 Å². The van der Waals surface area contributed by atoms with Crippen molar-refractivity contribution >= 4 is 5.97 Å². The van der Waals surface area contributed by atoms with Gasteiger partial charge in [-0.25, -0.2) is 4.39 Å². The quantitative estimate of drug-likeness (QED) is 0.776. The number of benzene rings is 2. The van der Waals surface area contributed by atoms with Gasteiger partial charge in [-0.3, -0.25) is 4.79 Å². The maximum absolute atomic E-state index is 13.5. The van der Waals surface area contributed by atoms with E-state index in [0.29, 0.717) is 18.4 Å². The van der Waals surface area contributed by atoms with Crippen LogP contribution < -0.4 is 0 Å². The van der Waals surface area contributed by atoms with E-state index in [-0.39, 0.29) is 11.8 Å². The fraction of sp³-hybridized carbons (Fsp3) is 0.316. The van der Waals surface area contributed by atoms with Gasteiger partial charge in [0.05, 0.1) is 7.11 Å². The van der Waals surface area contributed by atoms with E-state index in [4.69, 9.17) is 4.74 Å². The summed E-state index contributed by atoms with van der Waals surface area (Å²) in [4.78, 5) is 11.4. The van der Waals surface area contributed by atoms with Crippen LogP contribution in [0.1, 0.15) is 28.7 Å². The van der Waals surface area contributed by atoms with Crippen molar-refractivity contribution in [3.63, 3.8) is 0 Å². The summed E-state index contributed by atoms with van der Waals surface area (Å²) in [5.74, 6) is -0.426. The number of rotatable bonds is 4. The van der Waals surface area contributed by atoms with Crippen LogP contribution in [-0.4, -0.2) is 13.1 Å². The zero-order chi connectivity index (χ0) is 16.3. The van der Waals surface area contributed by atoms with Gasteiger partial charge >= 0.3 is 5.97 Å². The summed E-state index contributed by atoms with van der Waals surface area (Å²) < 4.78 is 18.2. The molecule has 0 radical (unpaired) electrons. The summed E-state index contributed by atoms with van der Waals surface area (Å²) in [5, 5.41) is 0. The van der Waals surface area contributed by atoms with E-state index < -0.39 is 0 Å². The number of carbonyl (C=O) groups excluding carboxylic acids is 1. The number of methoxy groups -OCH3 is 1. The van der Waals surface area contributed by atoms with E-state index in [9.17, 15) is 9.18 Å². The predicted molar refractivity (Wildman–Crippen MR) is 86.4 cm³/mol. The Hall–Kier alpha value is -2.16. The van der Waals surface area contributed by atoms with Crippen molar-refractivity contribution in [1.82, 2.24) is 0 Å². The molecule has 22 heavy (non-hydrogen) atoms. The Morgan fingerprint density at radius 1 is 1.09 bits per heavy atom. The first-order valence-electron chi connectivity index (χ1n) is 7.36. The van der Waals surface area contributed by atoms with Crippen LogP contribution in [0.3, 0.4) is 0 Å². The first-order valence-corrected chi connectivity index (χ1v) is 7.36. The van der Waals surface area contributed by atoms with Gasteiger partial charge in [-0.15, -0.1) is 0 Å². The smallest absolute Gasteiger partial charge is 0.305 e. The molecule has 2 aromatic rings. The highest BCUT2D eigenvalue weighted by molar-refractivity contribution is 5.73. The second kappa shape index (κ2) is 6.73. The van der Waals surface area contributed by atoms with Crippen LogP contribution in [0.15, 0.2) is 30.3 Å². The minimum Gasteiger partial charge on any atom is -0.469 e. The topological polar surface area (TPSA) is 26.3 Å². The van der Waals surface area contributed by atoms with Crippen LogP contribution in [-0.2, 0) is 16.0 Å². The van der Waals surface area contributed by atoms with Crippen molar-refractivity contribution in [2.75, 3.05) is 7.11 Å². The van der Waals surface area contributed by atoms with E-state index in [1.54, 1.807) is 13.0 Å². The zero-order valence-electron chi connectivity index (χ0n) is 13.5. The van der Waals surface area contributed by atoms with Gasteiger partial charge in [-0.1, -0.05) is 23.8 Å². The first kappa shape index (κ1) is 16.2. The van der Waals surface area contributed by atoms with E-state index in [0.717, 1.165) is 27.8 Å². The molecule has 0 fully saturated rings. The van der Waals surface area contributed by atoms with Crippen molar-refractivity contribution in [1.29, 1.82) is 0 Å². The molecule has 2 aromatic carbocycles. The van der Waals surface area contributed by atoms with Crippen molar-refractivity contribution in [3.05, 3.63) is 58.4 Å². The minimum absolute atomic E-state index is 0.204. The van der Waals surface area contributed by atoms with Crippen LogP contribution in [0.25, 0.3) is 11.1 Å². The van der Waals surface area contributed by atoms with Gasteiger partial charge in [0, 0.05) is 6.42 Å². The highest BCUT2D eigenvalue weighted by Gasteiger charge is 2.12. The van der Waals surface area contributed by atoms with Crippen LogP contribution in [0.5, 0.6) is 0 Å². The summed E-state index contributed by atoms with van der Waals surface area (Å²) in [6.45, 7) is 5.84. The van der Waals surface area contributed by atoms with Crippen molar-refractivity contribution < 1.29 is 13.9 Å². The van der Waals surface area contributed by atoms with E-state index in [2.05, 4.69) is 12.1 Å². The van der Waals surface area contributed by atoms with Crippen molar-refractivity contribution in [3.8, 4) is 11.1 Å². The van der Waals surface area contributed by atoms with Gasteiger partial charge in [0.15, 0.2) is 0 Å². The molecule has 2 nitrogen and oxygen atoms in total. The molecule has 0 amide bonds. The van der Waals surface area contributed by atoms with Crippen LogP contribution in [0.2, 0.25) is 0 Å². The highest BCUT2D eigenvalue weighted by atomic mass is 19.1. The van der Waals surface area contributed by atoms with E-state index >= 15 is 0 Å². The number of esters is 1. The van der Waals surface area contributed by atoms with Crippen LogP contribution >= 0.6 is 0 Å². The Balaban J connectivity index is 2.48. The Morgan fingerprint density at radius 2 is 1.82 bits per heavy atom. The third kappa shape index (κ3) is 3.53. The molecule has 0 spiro atoms. The van der Waals surface area contributed by atoms with Crippen molar-refractivity contribution in [2.45, 2.75) is 33.6 Å². The maximum Gasteiger partial charge on any atom is 0.305 e. The molecule has 0 bridgehead atoms. The lowest BCUT2D eigenvalue weighted by Gasteiger charge is -2.15. The number of ether oxygens (including phenoxy) is 1. The van der Waals surface area contributed by atoms with Gasteiger partial charge in [-0.2, -0.15) is 0 Å². The average molecular weight is 300 g/mol. The molecular formula is C19H21FO2. The number of carbonyl (C=O) groups is 1. The molecule has 0 heterocycles. The third-order valence-corrected chi connectivity index (χ3v) is 3.89. The molecule has 0 saturated heterocycles. The highest BCUT2D eigenvalue weighted by Crippen LogP contribution is 2.30. The van der Waals surface area contributed by atoms with Crippen LogP contribution in [0, 0.1) is 26.6 Å². The fourth-order valence-corrected chi connectivity index (χ4v) is 2.73. The van der Waals surface area contributed by atoms with E-state index in [1.807, 2.05) is 19.9 Å². The molecule has 2 rings (SSSR count). The SMILES string of the molecule is COC(=O)CCc1c(C)cc(C)cc1-c1ccc(F)c(C)c1. The van der Waals surface area contributed by atoms with Gasteiger partial charge < -0.3 is 4.74 Å². The summed E-state index contributed by atoms with van der Waals surface area (Å²) in [5.41, 5.74) is 6.06. The fourth-order valence-electron chi connectivity index (χ4n) is 2.73. The maximum atomic E-state index is 13.5. The van der Waals surface area contributed by atoms with Crippen LogP contribution in [0.4, 0.5) is 4.39 Å². The zero-order valence-corrected chi connectivity index (χ0v) is 13.5. The Morgan fingerprint density at radius 3 is 2.45 bits per heavy atom. The average Bonchev–Trinajstić information content (AvgIpc) is 2.48. The summed E-state index contributed by atoms with van der Waals surface area (Å²) >= 11 is 0. The summed E-state index contributed by atoms with van der Waals surface area (Å²) in [7, 11) is 1.40. The lowest BCUT2D eigenvalue weighted by atomic mass is 9.90. The molecular weight excluding hydrogens is 279 g/mol. The number of aryl methyl sites for hydroxylation is 3. The minimum atomic E-state index is -0.221. The molecule has 0 unspecified atom stereocenters. The molecule has 0 aromatic heterocycles. The van der Waals surface area contributed by atoms with Gasteiger partial charge in [0.2, 0.25) is 0 Å². The third-order valence-electron chi connectivity index (χ3n) is 3.89. The van der Waals surface area contributed by atoms with Crippen molar-refractivity contribution in [2.24, 2.45) is 0 Å². The Labute approximate surface area is 130 Å². The molecule has 0 N–H and O–H groups in total. The molecule has 3 heteroatoms. The second-order valence-corrected chi connectivity index (χ2v) is 5.65. The van der Waals surface area contributed by atoms with Gasteiger partial charge in [0.1, 0.15) is 5.82 Å². The first-order chi connectivity index (χ1) is 10.4. The van der Waals surface area contributed by atoms with Gasteiger partial charge in [-0.05, 0) is 67.1 Å². The summed E-state index contributed by atoms with van der Waals surface area (Å²) in [6, 6.07) is 9.33. The molecule has 0 aliphatic carbocycles. The largest absolute Gasteiger partial charge is 0.469 e. The number of halogens is 1. The molecule has 116 valence electrons. The molecule has 0 aliphatic rings. The monoisotopic (exact) mass is 300 g/mol. The molecule has 0 saturated carbocycles. The number of hydrogen-bond donors (Lipinski definition) is 0. The normalized spacial score (nSPS) is 10.6. The standard InChI is InChI=1S/C19H21FO2/c1-12-9-13(2)16(6-8-19(21)22-4)17(10-12)15-5-7-18(20)14(3)11-15/h5,7,9-11H,6,8H2,1-4H3. The van der Waals surface area contributed by atoms with Gasteiger partial charge in [0.25, 0.3) is 0 Å². The lowest BCUT2D eigenvalue weighted by molar-refractivity contribution is -0.140. The summed E-state index contributed by atoms with van der Waals surface area (Å²) in [6.07, 6.45) is 0.956. The molecule has 0 aliphatic heterocycles. The second-order valence-electron chi connectivity index (χ2n) is 5.65. The number of hydrogen-bond acceptors (Lipinski definition) is 2. The lowest BCUT2D eigenvalue weighted by Crippen LogP contribution is -2.04. The Kier molecular flexibility index (Phi) is 4.96. The predicted octanol–water partition coefficient (Wildman–Crippen LogP) is 4.52. The Bertz CT molecular complexity index is 705.